The first-order valence-electron chi connectivity index (χ1n) is 7.83. The van der Waals surface area contributed by atoms with Gasteiger partial charge in [-0.1, -0.05) is 13.8 Å². The number of hydrogen-bond donors (Lipinski definition) is 1. The summed E-state index contributed by atoms with van der Waals surface area (Å²) in [6.45, 7) is 10.1. The molecule has 0 aliphatic carbocycles. The molecule has 2 rings (SSSR count). The standard InChI is InChI=1S/C17H28N2O2/c1-13(2)15-12-17(21-4)16(20-3)11-14(15)5-8-19-9-6-18-7-10-19/h11-13,18H,5-10H2,1-4H3. The molecule has 1 fully saturated rings. The zero-order valence-corrected chi connectivity index (χ0v) is 13.7. The molecule has 1 aromatic carbocycles. The number of piperazine rings is 1. The molecule has 1 saturated heterocycles. The summed E-state index contributed by atoms with van der Waals surface area (Å²) in [5.74, 6) is 2.15. The molecule has 0 spiro atoms. The fourth-order valence-corrected chi connectivity index (χ4v) is 2.90. The summed E-state index contributed by atoms with van der Waals surface area (Å²) in [7, 11) is 3.40. The Balaban J connectivity index is 2.15. The minimum absolute atomic E-state index is 0.489. The third kappa shape index (κ3) is 4.11. The summed E-state index contributed by atoms with van der Waals surface area (Å²) in [5.41, 5.74) is 2.74. The van der Waals surface area contributed by atoms with E-state index in [1.807, 2.05) is 0 Å². The molecular formula is C17H28N2O2. The number of methoxy groups -OCH3 is 2. The van der Waals surface area contributed by atoms with E-state index in [0.717, 1.165) is 50.6 Å². The van der Waals surface area contributed by atoms with Gasteiger partial charge in [0.25, 0.3) is 0 Å². The molecule has 0 bridgehead atoms. The molecule has 4 heteroatoms. The maximum atomic E-state index is 5.45. The maximum absolute atomic E-state index is 5.45. The van der Waals surface area contributed by atoms with Gasteiger partial charge in [-0.05, 0) is 35.6 Å². The second-order valence-electron chi connectivity index (χ2n) is 5.90. The Labute approximate surface area is 128 Å². The molecular weight excluding hydrogens is 264 g/mol. The van der Waals surface area contributed by atoms with Crippen molar-refractivity contribution in [1.29, 1.82) is 0 Å². The predicted octanol–water partition coefficient (Wildman–Crippen LogP) is 2.27. The minimum Gasteiger partial charge on any atom is -0.493 e. The highest BCUT2D eigenvalue weighted by Crippen LogP contribution is 2.34. The van der Waals surface area contributed by atoms with E-state index in [2.05, 4.69) is 36.2 Å². The van der Waals surface area contributed by atoms with Crippen LogP contribution in [-0.2, 0) is 6.42 Å². The van der Waals surface area contributed by atoms with Crippen LogP contribution in [-0.4, -0.2) is 51.8 Å². The third-order valence-electron chi connectivity index (χ3n) is 4.17. The molecule has 21 heavy (non-hydrogen) atoms. The average molecular weight is 292 g/mol. The first-order chi connectivity index (χ1) is 10.2. The largest absolute Gasteiger partial charge is 0.493 e. The lowest BCUT2D eigenvalue weighted by atomic mass is 9.94. The first-order valence-corrected chi connectivity index (χ1v) is 7.83. The molecule has 0 saturated carbocycles. The SMILES string of the molecule is COc1cc(CCN2CCNCC2)c(C(C)C)cc1OC. The van der Waals surface area contributed by atoms with Crippen molar-refractivity contribution in [3.05, 3.63) is 23.3 Å². The van der Waals surface area contributed by atoms with E-state index in [1.165, 1.54) is 11.1 Å². The molecule has 0 unspecified atom stereocenters. The van der Waals surface area contributed by atoms with Crippen LogP contribution in [0.3, 0.4) is 0 Å². The highest BCUT2D eigenvalue weighted by atomic mass is 16.5. The van der Waals surface area contributed by atoms with Crippen molar-refractivity contribution in [2.45, 2.75) is 26.2 Å². The summed E-state index contributed by atoms with van der Waals surface area (Å²) in [6, 6.07) is 4.28. The number of nitrogens with zero attached hydrogens (tertiary/aromatic N) is 1. The molecule has 118 valence electrons. The molecule has 0 radical (unpaired) electrons. The fourth-order valence-electron chi connectivity index (χ4n) is 2.90. The van der Waals surface area contributed by atoms with Crippen molar-refractivity contribution in [2.75, 3.05) is 46.9 Å². The van der Waals surface area contributed by atoms with Gasteiger partial charge in [-0.25, -0.2) is 0 Å². The zero-order valence-electron chi connectivity index (χ0n) is 13.7. The van der Waals surface area contributed by atoms with Crippen LogP contribution < -0.4 is 14.8 Å². The summed E-state index contributed by atoms with van der Waals surface area (Å²) >= 11 is 0. The van der Waals surface area contributed by atoms with Crippen LogP contribution >= 0.6 is 0 Å². The quantitative estimate of drug-likeness (QED) is 0.872. The smallest absolute Gasteiger partial charge is 0.161 e. The molecule has 1 N–H and O–H groups in total. The number of rotatable bonds is 6. The summed E-state index contributed by atoms with van der Waals surface area (Å²) in [5, 5.41) is 3.40. The molecule has 4 nitrogen and oxygen atoms in total. The Kier molecular flexibility index (Phi) is 5.88. The zero-order chi connectivity index (χ0) is 15.2. The molecule has 0 atom stereocenters. The van der Waals surface area contributed by atoms with Gasteiger partial charge >= 0.3 is 0 Å². The van der Waals surface area contributed by atoms with E-state index in [4.69, 9.17) is 9.47 Å². The number of ether oxygens (including phenoxy) is 2. The van der Waals surface area contributed by atoms with Crippen LogP contribution in [0.4, 0.5) is 0 Å². The predicted molar refractivity (Wildman–Crippen MR) is 86.6 cm³/mol. The van der Waals surface area contributed by atoms with Crippen LogP contribution in [0.25, 0.3) is 0 Å². The number of nitrogens with one attached hydrogen (secondary N) is 1. The first kappa shape index (κ1) is 16.1. The van der Waals surface area contributed by atoms with Crippen LogP contribution in [0, 0.1) is 0 Å². The van der Waals surface area contributed by atoms with Crippen LogP contribution in [0.5, 0.6) is 11.5 Å². The summed E-state index contributed by atoms with van der Waals surface area (Å²) < 4.78 is 10.9. The number of hydrogen-bond acceptors (Lipinski definition) is 4. The highest BCUT2D eigenvalue weighted by Gasteiger charge is 2.15. The number of benzene rings is 1. The monoisotopic (exact) mass is 292 g/mol. The van der Waals surface area contributed by atoms with Crippen molar-refractivity contribution in [2.24, 2.45) is 0 Å². The molecule has 1 heterocycles. The van der Waals surface area contributed by atoms with Gasteiger partial charge in [0.05, 0.1) is 14.2 Å². The van der Waals surface area contributed by atoms with E-state index < -0.39 is 0 Å². The molecule has 0 aromatic heterocycles. The second kappa shape index (κ2) is 7.66. The fraction of sp³-hybridized carbons (Fsp3) is 0.647. The normalized spacial score (nSPS) is 16.2. The Bertz CT molecular complexity index is 454. The summed E-state index contributed by atoms with van der Waals surface area (Å²) in [6.07, 6.45) is 1.06. The van der Waals surface area contributed by atoms with Gasteiger partial charge < -0.3 is 19.7 Å². The van der Waals surface area contributed by atoms with Crippen molar-refractivity contribution in [3.8, 4) is 11.5 Å². The van der Waals surface area contributed by atoms with Crippen LogP contribution in [0.15, 0.2) is 12.1 Å². The highest BCUT2D eigenvalue weighted by molar-refractivity contribution is 5.48. The second-order valence-corrected chi connectivity index (χ2v) is 5.90. The Morgan fingerprint density at radius 1 is 1.10 bits per heavy atom. The lowest BCUT2D eigenvalue weighted by Gasteiger charge is -2.27. The molecule has 1 aromatic rings. The van der Waals surface area contributed by atoms with Crippen LogP contribution in [0.1, 0.15) is 30.9 Å². The Morgan fingerprint density at radius 3 is 2.29 bits per heavy atom. The molecule has 1 aliphatic heterocycles. The van der Waals surface area contributed by atoms with Crippen molar-refractivity contribution in [3.63, 3.8) is 0 Å². The third-order valence-corrected chi connectivity index (χ3v) is 4.17. The van der Waals surface area contributed by atoms with Gasteiger partial charge in [-0.15, -0.1) is 0 Å². The van der Waals surface area contributed by atoms with Crippen molar-refractivity contribution >= 4 is 0 Å². The van der Waals surface area contributed by atoms with Gasteiger partial charge in [-0.2, -0.15) is 0 Å². The topological polar surface area (TPSA) is 33.7 Å². The lowest BCUT2D eigenvalue weighted by Crippen LogP contribution is -2.44. The Hall–Kier alpha value is -1.26. The summed E-state index contributed by atoms with van der Waals surface area (Å²) in [4.78, 5) is 2.53. The molecule has 0 amide bonds. The average Bonchev–Trinajstić information content (AvgIpc) is 2.52. The maximum Gasteiger partial charge on any atom is 0.161 e. The van der Waals surface area contributed by atoms with Crippen molar-refractivity contribution < 1.29 is 9.47 Å². The van der Waals surface area contributed by atoms with E-state index in [0.29, 0.717) is 5.92 Å². The van der Waals surface area contributed by atoms with E-state index in [9.17, 15) is 0 Å². The van der Waals surface area contributed by atoms with Crippen molar-refractivity contribution in [1.82, 2.24) is 10.2 Å². The van der Waals surface area contributed by atoms with Gasteiger partial charge in [0, 0.05) is 32.7 Å². The lowest BCUT2D eigenvalue weighted by molar-refractivity contribution is 0.243. The van der Waals surface area contributed by atoms with Gasteiger partial charge in [0.1, 0.15) is 0 Å². The van der Waals surface area contributed by atoms with Gasteiger partial charge in [0.15, 0.2) is 11.5 Å². The molecule has 1 aliphatic rings. The Morgan fingerprint density at radius 2 is 1.71 bits per heavy atom. The van der Waals surface area contributed by atoms with E-state index in [1.54, 1.807) is 14.2 Å². The minimum atomic E-state index is 0.489. The van der Waals surface area contributed by atoms with E-state index >= 15 is 0 Å². The van der Waals surface area contributed by atoms with Gasteiger partial charge in [-0.3, -0.25) is 0 Å². The van der Waals surface area contributed by atoms with Gasteiger partial charge in [0.2, 0.25) is 0 Å². The van der Waals surface area contributed by atoms with E-state index in [-0.39, 0.29) is 0 Å². The van der Waals surface area contributed by atoms with Crippen LogP contribution in [0.2, 0.25) is 0 Å².